The number of benzene rings is 1. The summed E-state index contributed by atoms with van der Waals surface area (Å²) in [5, 5.41) is 0. The van der Waals surface area contributed by atoms with Crippen molar-refractivity contribution in [3.8, 4) is 0 Å². The molecule has 1 aromatic rings. The molecule has 0 bridgehead atoms. The summed E-state index contributed by atoms with van der Waals surface area (Å²) in [7, 11) is 0. The molecular weight excluding hydrogens is 238 g/mol. The van der Waals surface area contributed by atoms with Gasteiger partial charge in [0.2, 0.25) is 0 Å². The number of hydrogen-bond donors (Lipinski definition) is 2. The Kier molecular flexibility index (Phi) is 4.28. The largest absolute Gasteiger partial charge is 0.501 e. The molecule has 2 rings (SSSR count). The Bertz CT molecular complexity index is 428. The highest BCUT2D eigenvalue weighted by Gasteiger charge is 2.17. The summed E-state index contributed by atoms with van der Waals surface area (Å²) in [6.07, 6.45) is 3.93. The molecule has 0 saturated carbocycles. The van der Waals surface area contributed by atoms with Crippen LogP contribution in [0.3, 0.4) is 0 Å². The lowest BCUT2D eigenvalue weighted by atomic mass is 9.96. The van der Waals surface area contributed by atoms with E-state index in [-0.39, 0.29) is 6.04 Å². The van der Waals surface area contributed by atoms with E-state index in [4.69, 9.17) is 10.6 Å². The van der Waals surface area contributed by atoms with E-state index in [9.17, 15) is 8.78 Å². The number of ether oxygens (including phenoxy) is 1. The predicted molar refractivity (Wildman–Crippen MR) is 64.4 cm³/mol. The monoisotopic (exact) mass is 254 g/mol. The molecular formula is C13H16F2N2O. The van der Waals surface area contributed by atoms with E-state index in [2.05, 4.69) is 5.43 Å². The first-order chi connectivity index (χ1) is 8.69. The zero-order valence-electron chi connectivity index (χ0n) is 9.96. The van der Waals surface area contributed by atoms with Crippen LogP contribution < -0.4 is 11.3 Å². The molecule has 18 heavy (non-hydrogen) atoms. The van der Waals surface area contributed by atoms with Gasteiger partial charge in [-0.3, -0.25) is 11.3 Å². The molecule has 1 aromatic carbocycles. The van der Waals surface area contributed by atoms with Crippen molar-refractivity contribution in [3.63, 3.8) is 0 Å². The predicted octanol–water partition coefficient (Wildman–Crippen LogP) is 2.03. The molecule has 1 aliphatic rings. The summed E-state index contributed by atoms with van der Waals surface area (Å²) in [5.74, 6) is 4.34. The molecule has 1 unspecified atom stereocenters. The quantitative estimate of drug-likeness (QED) is 0.638. The maximum Gasteiger partial charge on any atom is 0.126 e. The van der Waals surface area contributed by atoms with E-state index in [0.717, 1.165) is 24.5 Å². The van der Waals surface area contributed by atoms with Gasteiger partial charge >= 0.3 is 0 Å². The summed E-state index contributed by atoms with van der Waals surface area (Å²) in [6, 6.07) is 3.33. The van der Waals surface area contributed by atoms with Gasteiger partial charge in [-0.1, -0.05) is 0 Å². The number of hydrogen-bond acceptors (Lipinski definition) is 3. The van der Waals surface area contributed by atoms with E-state index in [1.807, 2.05) is 0 Å². The Hall–Kier alpha value is -1.46. The molecule has 5 heteroatoms. The highest BCUT2D eigenvalue weighted by Crippen LogP contribution is 2.19. The average molecular weight is 254 g/mol. The third-order valence-electron chi connectivity index (χ3n) is 2.97. The van der Waals surface area contributed by atoms with Crippen molar-refractivity contribution in [2.24, 2.45) is 5.84 Å². The van der Waals surface area contributed by atoms with Gasteiger partial charge in [0.05, 0.1) is 12.9 Å². The molecule has 0 amide bonds. The Balaban J connectivity index is 2.12. The Morgan fingerprint density at radius 1 is 1.28 bits per heavy atom. The second kappa shape index (κ2) is 5.93. The molecule has 1 aliphatic heterocycles. The van der Waals surface area contributed by atoms with E-state index in [1.54, 1.807) is 6.26 Å². The maximum absolute atomic E-state index is 13.1. The van der Waals surface area contributed by atoms with Crippen molar-refractivity contribution in [2.75, 3.05) is 6.61 Å². The third-order valence-corrected chi connectivity index (χ3v) is 2.97. The van der Waals surface area contributed by atoms with Gasteiger partial charge in [0.25, 0.3) is 0 Å². The molecule has 3 N–H and O–H groups in total. The van der Waals surface area contributed by atoms with Gasteiger partial charge in [0.1, 0.15) is 11.6 Å². The highest BCUT2D eigenvalue weighted by molar-refractivity contribution is 5.22. The molecule has 1 heterocycles. The molecule has 1 atom stereocenters. The molecule has 0 spiro atoms. The van der Waals surface area contributed by atoms with Crippen LogP contribution in [0.5, 0.6) is 0 Å². The summed E-state index contributed by atoms with van der Waals surface area (Å²) >= 11 is 0. The van der Waals surface area contributed by atoms with Gasteiger partial charge < -0.3 is 4.74 Å². The van der Waals surface area contributed by atoms with E-state index >= 15 is 0 Å². The van der Waals surface area contributed by atoms with Crippen LogP contribution in [0.1, 0.15) is 18.4 Å². The summed E-state index contributed by atoms with van der Waals surface area (Å²) < 4.78 is 31.4. The molecule has 0 aliphatic carbocycles. The van der Waals surface area contributed by atoms with Crippen LogP contribution in [0.4, 0.5) is 8.78 Å². The van der Waals surface area contributed by atoms with Crippen LogP contribution >= 0.6 is 0 Å². The van der Waals surface area contributed by atoms with Gasteiger partial charge in [-0.05, 0) is 42.5 Å². The lowest BCUT2D eigenvalue weighted by Gasteiger charge is -2.22. The fourth-order valence-corrected chi connectivity index (χ4v) is 2.10. The molecule has 3 nitrogen and oxygen atoms in total. The Morgan fingerprint density at radius 3 is 2.56 bits per heavy atom. The zero-order chi connectivity index (χ0) is 13.0. The van der Waals surface area contributed by atoms with Crippen molar-refractivity contribution in [2.45, 2.75) is 25.3 Å². The maximum atomic E-state index is 13.1. The Morgan fingerprint density at radius 2 is 2.00 bits per heavy atom. The minimum atomic E-state index is -0.574. The lowest BCUT2D eigenvalue weighted by molar-refractivity contribution is 0.219. The average Bonchev–Trinajstić information content (AvgIpc) is 2.36. The van der Waals surface area contributed by atoms with Crippen molar-refractivity contribution in [3.05, 3.63) is 47.2 Å². The minimum absolute atomic E-state index is 0.161. The van der Waals surface area contributed by atoms with Crippen LogP contribution in [0, 0.1) is 11.6 Å². The topological polar surface area (TPSA) is 47.3 Å². The zero-order valence-corrected chi connectivity index (χ0v) is 9.96. The van der Waals surface area contributed by atoms with Crippen molar-refractivity contribution in [1.82, 2.24) is 5.43 Å². The number of hydrazine groups is 1. The van der Waals surface area contributed by atoms with Crippen LogP contribution in [-0.2, 0) is 11.2 Å². The number of nitrogens with two attached hydrogens (primary N) is 1. The van der Waals surface area contributed by atoms with Gasteiger partial charge in [0.15, 0.2) is 0 Å². The van der Waals surface area contributed by atoms with Crippen molar-refractivity contribution in [1.29, 1.82) is 0 Å². The van der Waals surface area contributed by atoms with E-state index in [0.29, 0.717) is 18.6 Å². The van der Waals surface area contributed by atoms with Crippen LogP contribution in [0.15, 0.2) is 30.0 Å². The third kappa shape index (κ3) is 3.27. The summed E-state index contributed by atoms with van der Waals surface area (Å²) in [5.41, 5.74) is 4.26. The summed E-state index contributed by atoms with van der Waals surface area (Å²) in [6.45, 7) is 0.704. The van der Waals surface area contributed by atoms with Gasteiger partial charge in [0, 0.05) is 12.1 Å². The molecule has 0 radical (unpaired) electrons. The first kappa shape index (κ1) is 13.0. The number of rotatable bonds is 4. The Labute approximate surface area is 105 Å². The van der Waals surface area contributed by atoms with Crippen LogP contribution in [-0.4, -0.2) is 12.6 Å². The second-order valence-electron chi connectivity index (χ2n) is 4.37. The van der Waals surface area contributed by atoms with Crippen LogP contribution in [0.25, 0.3) is 0 Å². The standard InChI is InChI=1S/C13H16F2N2O/c14-11-4-9(5-12(15)7-11)6-13(17-16)10-2-1-3-18-8-10/h4-5,7-8,13,17H,1-3,6,16H2. The first-order valence-corrected chi connectivity index (χ1v) is 5.90. The van der Waals surface area contributed by atoms with Crippen molar-refractivity contribution >= 4 is 0 Å². The lowest BCUT2D eigenvalue weighted by Crippen LogP contribution is -2.39. The fourth-order valence-electron chi connectivity index (χ4n) is 2.10. The molecule has 98 valence electrons. The molecule has 0 saturated heterocycles. The highest BCUT2D eigenvalue weighted by atomic mass is 19.1. The van der Waals surface area contributed by atoms with Crippen molar-refractivity contribution < 1.29 is 13.5 Å². The summed E-state index contributed by atoms with van der Waals surface area (Å²) in [4.78, 5) is 0. The number of nitrogens with one attached hydrogen (secondary N) is 1. The van der Waals surface area contributed by atoms with E-state index in [1.165, 1.54) is 12.1 Å². The SMILES string of the molecule is NNC(Cc1cc(F)cc(F)c1)C1=COCCC1. The fraction of sp³-hybridized carbons (Fsp3) is 0.385. The van der Waals surface area contributed by atoms with Crippen LogP contribution in [0.2, 0.25) is 0 Å². The van der Waals surface area contributed by atoms with Gasteiger partial charge in [-0.25, -0.2) is 8.78 Å². The minimum Gasteiger partial charge on any atom is -0.501 e. The van der Waals surface area contributed by atoms with E-state index < -0.39 is 11.6 Å². The van der Waals surface area contributed by atoms with Gasteiger partial charge in [-0.2, -0.15) is 0 Å². The first-order valence-electron chi connectivity index (χ1n) is 5.90. The van der Waals surface area contributed by atoms with Gasteiger partial charge in [-0.15, -0.1) is 0 Å². The second-order valence-corrected chi connectivity index (χ2v) is 4.37. The molecule has 0 aromatic heterocycles. The molecule has 0 fully saturated rings. The normalized spacial score (nSPS) is 16.9. The smallest absolute Gasteiger partial charge is 0.126 e. The number of halogens is 2.